The first kappa shape index (κ1) is 16.4. The Bertz CT molecular complexity index is 862. The van der Waals surface area contributed by atoms with E-state index in [0.717, 1.165) is 11.3 Å². The molecular weight excluding hydrogens is 318 g/mol. The Balaban J connectivity index is 1.76. The summed E-state index contributed by atoms with van der Waals surface area (Å²) in [7, 11) is 3.14. The van der Waals surface area contributed by atoms with E-state index < -0.39 is 0 Å². The van der Waals surface area contributed by atoms with Gasteiger partial charge in [0.2, 0.25) is 5.88 Å². The molecule has 25 heavy (non-hydrogen) atoms. The molecule has 0 atom stereocenters. The summed E-state index contributed by atoms with van der Waals surface area (Å²) in [5, 5.41) is 2.79. The van der Waals surface area contributed by atoms with Crippen molar-refractivity contribution in [3.63, 3.8) is 0 Å². The van der Waals surface area contributed by atoms with Gasteiger partial charge in [0.25, 0.3) is 5.91 Å². The molecule has 0 aliphatic rings. The number of hydrogen-bond donors (Lipinski definition) is 1. The van der Waals surface area contributed by atoms with Gasteiger partial charge in [-0.25, -0.2) is 4.98 Å². The van der Waals surface area contributed by atoms with Crippen LogP contribution < -0.4 is 14.8 Å². The summed E-state index contributed by atoms with van der Waals surface area (Å²) in [6.45, 7) is 0. The maximum atomic E-state index is 12.3. The molecule has 0 unspecified atom stereocenters. The summed E-state index contributed by atoms with van der Waals surface area (Å²) in [5.41, 5.74) is 2.74. The van der Waals surface area contributed by atoms with Crippen molar-refractivity contribution in [3.05, 3.63) is 66.5 Å². The van der Waals surface area contributed by atoms with Crippen LogP contribution in [-0.4, -0.2) is 30.1 Å². The van der Waals surface area contributed by atoms with Crippen LogP contribution in [0.15, 0.2) is 60.9 Å². The molecule has 126 valence electrons. The summed E-state index contributed by atoms with van der Waals surface area (Å²) in [4.78, 5) is 20.7. The Morgan fingerprint density at radius 2 is 1.76 bits per heavy atom. The average molecular weight is 335 g/mol. The van der Waals surface area contributed by atoms with Crippen LogP contribution in [0.5, 0.6) is 11.6 Å². The Hall–Kier alpha value is -3.41. The number of carbonyl (C=O) groups excluding carboxylic acids is 1. The van der Waals surface area contributed by atoms with Crippen molar-refractivity contribution >= 4 is 11.6 Å². The summed E-state index contributed by atoms with van der Waals surface area (Å²) in [5.74, 6) is 0.960. The number of nitrogens with zero attached hydrogens (tertiary/aromatic N) is 2. The van der Waals surface area contributed by atoms with Crippen molar-refractivity contribution in [2.45, 2.75) is 0 Å². The quantitative estimate of drug-likeness (QED) is 0.773. The van der Waals surface area contributed by atoms with Gasteiger partial charge in [-0.1, -0.05) is 12.1 Å². The van der Waals surface area contributed by atoms with Gasteiger partial charge in [0.15, 0.2) is 0 Å². The van der Waals surface area contributed by atoms with E-state index in [4.69, 9.17) is 9.47 Å². The van der Waals surface area contributed by atoms with Crippen LogP contribution in [0.25, 0.3) is 11.3 Å². The zero-order chi connectivity index (χ0) is 17.6. The van der Waals surface area contributed by atoms with E-state index >= 15 is 0 Å². The molecule has 0 saturated heterocycles. The van der Waals surface area contributed by atoms with Gasteiger partial charge in [0.1, 0.15) is 11.4 Å². The summed E-state index contributed by atoms with van der Waals surface area (Å²) >= 11 is 0. The number of nitrogens with one attached hydrogen (secondary N) is 1. The van der Waals surface area contributed by atoms with Gasteiger partial charge in [-0.15, -0.1) is 0 Å². The van der Waals surface area contributed by atoms with Crippen LogP contribution in [0.2, 0.25) is 0 Å². The van der Waals surface area contributed by atoms with Crippen molar-refractivity contribution in [3.8, 4) is 22.9 Å². The van der Waals surface area contributed by atoms with Gasteiger partial charge in [-0.05, 0) is 30.3 Å². The van der Waals surface area contributed by atoms with Crippen LogP contribution in [0.1, 0.15) is 10.4 Å². The number of pyridine rings is 2. The fourth-order valence-corrected chi connectivity index (χ4v) is 2.33. The second kappa shape index (κ2) is 7.44. The number of amides is 1. The molecule has 0 bridgehead atoms. The molecule has 0 aliphatic carbocycles. The van der Waals surface area contributed by atoms with Crippen LogP contribution in [0, 0.1) is 0 Å². The number of hydrogen-bond acceptors (Lipinski definition) is 5. The third kappa shape index (κ3) is 3.74. The lowest BCUT2D eigenvalue weighted by Gasteiger charge is -2.09. The van der Waals surface area contributed by atoms with Gasteiger partial charge in [0.05, 0.1) is 26.1 Å². The average Bonchev–Trinajstić information content (AvgIpc) is 2.68. The molecule has 3 rings (SSSR count). The number of carbonyl (C=O) groups is 1. The maximum absolute atomic E-state index is 12.3. The van der Waals surface area contributed by atoms with Crippen LogP contribution >= 0.6 is 0 Å². The Kier molecular flexibility index (Phi) is 4.89. The van der Waals surface area contributed by atoms with Crippen LogP contribution in [0.3, 0.4) is 0 Å². The standard InChI is InChI=1S/C19H17N3O3/c1-24-16-4-3-11-20-18(16)13-5-7-14(8-6-13)19(23)22-15-9-10-17(25-2)21-12-15/h3-12H,1-2H3,(H,22,23). The van der Waals surface area contributed by atoms with Gasteiger partial charge in [0, 0.05) is 23.4 Å². The molecule has 1 amide bonds. The smallest absolute Gasteiger partial charge is 0.255 e. The molecular formula is C19H17N3O3. The molecule has 3 aromatic rings. The first-order valence-corrected chi connectivity index (χ1v) is 7.62. The predicted octanol–water partition coefficient (Wildman–Crippen LogP) is 3.41. The number of methoxy groups -OCH3 is 2. The monoisotopic (exact) mass is 335 g/mol. The highest BCUT2D eigenvalue weighted by Crippen LogP contribution is 2.27. The summed E-state index contributed by atoms with van der Waals surface area (Å²) < 4.78 is 10.3. The van der Waals surface area contributed by atoms with Crippen molar-refractivity contribution in [2.75, 3.05) is 19.5 Å². The largest absolute Gasteiger partial charge is 0.494 e. The molecule has 0 radical (unpaired) electrons. The van der Waals surface area contributed by atoms with E-state index in [9.17, 15) is 4.79 Å². The fourth-order valence-electron chi connectivity index (χ4n) is 2.33. The Morgan fingerprint density at radius 3 is 2.40 bits per heavy atom. The van der Waals surface area contributed by atoms with Crippen LogP contribution in [-0.2, 0) is 0 Å². The van der Waals surface area contributed by atoms with Gasteiger partial charge < -0.3 is 14.8 Å². The van der Waals surface area contributed by atoms with Crippen molar-refractivity contribution in [1.29, 1.82) is 0 Å². The Labute approximate surface area is 145 Å². The van der Waals surface area contributed by atoms with Gasteiger partial charge >= 0.3 is 0 Å². The Morgan fingerprint density at radius 1 is 0.960 bits per heavy atom. The molecule has 1 aromatic carbocycles. The molecule has 0 aliphatic heterocycles. The zero-order valence-corrected chi connectivity index (χ0v) is 13.9. The minimum Gasteiger partial charge on any atom is -0.494 e. The van der Waals surface area contributed by atoms with Crippen molar-refractivity contribution in [2.24, 2.45) is 0 Å². The highest BCUT2D eigenvalue weighted by molar-refractivity contribution is 6.04. The van der Waals surface area contributed by atoms with Gasteiger partial charge in [-0.2, -0.15) is 0 Å². The summed E-state index contributed by atoms with van der Waals surface area (Å²) in [6.07, 6.45) is 3.25. The van der Waals surface area contributed by atoms with Crippen molar-refractivity contribution < 1.29 is 14.3 Å². The predicted molar refractivity (Wildman–Crippen MR) is 95.0 cm³/mol. The van der Waals surface area contributed by atoms with E-state index in [1.165, 1.54) is 0 Å². The third-order valence-electron chi connectivity index (χ3n) is 3.61. The maximum Gasteiger partial charge on any atom is 0.255 e. The normalized spacial score (nSPS) is 10.2. The minimum atomic E-state index is -0.216. The van der Waals surface area contributed by atoms with E-state index in [1.807, 2.05) is 24.3 Å². The highest BCUT2D eigenvalue weighted by atomic mass is 16.5. The van der Waals surface area contributed by atoms with Gasteiger partial charge in [-0.3, -0.25) is 9.78 Å². The lowest BCUT2D eigenvalue weighted by atomic mass is 10.1. The van der Waals surface area contributed by atoms with E-state index in [0.29, 0.717) is 22.9 Å². The topological polar surface area (TPSA) is 73.3 Å². The van der Waals surface area contributed by atoms with E-state index in [1.54, 1.807) is 50.9 Å². The van der Waals surface area contributed by atoms with Crippen LogP contribution in [0.4, 0.5) is 5.69 Å². The lowest BCUT2D eigenvalue weighted by molar-refractivity contribution is 0.102. The molecule has 6 nitrogen and oxygen atoms in total. The molecule has 2 heterocycles. The minimum absolute atomic E-state index is 0.216. The second-order valence-electron chi connectivity index (χ2n) is 5.17. The molecule has 2 aromatic heterocycles. The number of ether oxygens (including phenoxy) is 2. The molecule has 0 fully saturated rings. The fraction of sp³-hybridized carbons (Fsp3) is 0.105. The number of benzene rings is 1. The summed E-state index contributed by atoms with van der Waals surface area (Å²) in [6, 6.07) is 14.2. The number of rotatable bonds is 5. The zero-order valence-electron chi connectivity index (χ0n) is 13.9. The first-order chi connectivity index (χ1) is 12.2. The number of anilines is 1. The number of aromatic nitrogens is 2. The van der Waals surface area contributed by atoms with E-state index in [2.05, 4.69) is 15.3 Å². The molecule has 6 heteroatoms. The lowest BCUT2D eigenvalue weighted by Crippen LogP contribution is -2.11. The third-order valence-corrected chi connectivity index (χ3v) is 3.61. The van der Waals surface area contributed by atoms with E-state index in [-0.39, 0.29) is 5.91 Å². The SMILES string of the molecule is COc1ccc(NC(=O)c2ccc(-c3ncccc3OC)cc2)cn1. The molecule has 0 saturated carbocycles. The molecule has 0 spiro atoms. The molecule has 1 N–H and O–H groups in total. The second-order valence-corrected chi connectivity index (χ2v) is 5.17. The van der Waals surface area contributed by atoms with Crippen molar-refractivity contribution in [1.82, 2.24) is 9.97 Å². The highest BCUT2D eigenvalue weighted by Gasteiger charge is 2.10. The first-order valence-electron chi connectivity index (χ1n) is 7.62.